The van der Waals surface area contributed by atoms with Crippen molar-refractivity contribution in [2.24, 2.45) is 23.7 Å². The van der Waals surface area contributed by atoms with Crippen molar-refractivity contribution in [2.75, 3.05) is 13.2 Å². The maximum absolute atomic E-state index is 9.24. The maximum Gasteiger partial charge on any atom is 0.0587 e. The van der Waals surface area contributed by atoms with Crippen LogP contribution >= 0.6 is 0 Å². The van der Waals surface area contributed by atoms with E-state index in [1.165, 1.54) is 25.7 Å². The summed E-state index contributed by atoms with van der Waals surface area (Å²) in [6, 6.07) is 0.295. The van der Waals surface area contributed by atoms with E-state index in [9.17, 15) is 5.11 Å². The molecule has 2 N–H and O–H groups in total. The van der Waals surface area contributed by atoms with Crippen molar-refractivity contribution in [3.8, 4) is 0 Å². The fraction of sp³-hybridized carbons (Fsp3) is 1.00. The lowest BCUT2D eigenvalue weighted by Gasteiger charge is -2.26. The van der Waals surface area contributed by atoms with Crippen LogP contribution in [-0.2, 0) is 0 Å². The lowest BCUT2D eigenvalue weighted by Crippen LogP contribution is -2.40. The molecule has 0 amide bonds. The molecule has 88 valence electrons. The lowest BCUT2D eigenvalue weighted by molar-refractivity contribution is 0.197. The van der Waals surface area contributed by atoms with E-state index in [-0.39, 0.29) is 6.61 Å². The second kappa shape index (κ2) is 4.84. The van der Waals surface area contributed by atoms with E-state index in [2.05, 4.69) is 19.2 Å². The second-order valence-electron chi connectivity index (χ2n) is 5.88. The Kier molecular flexibility index (Phi) is 3.68. The molecule has 4 unspecified atom stereocenters. The Bertz CT molecular complexity index is 205. The van der Waals surface area contributed by atoms with Crippen LogP contribution in [0.25, 0.3) is 0 Å². The molecule has 2 rings (SSSR count). The highest BCUT2D eigenvalue weighted by Crippen LogP contribution is 2.47. The first-order valence-corrected chi connectivity index (χ1v) is 6.55. The molecule has 0 aromatic carbocycles. The highest BCUT2D eigenvalue weighted by molar-refractivity contribution is 4.91. The zero-order valence-corrected chi connectivity index (χ0v) is 10.1. The van der Waals surface area contributed by atoms with E-state index in [0.717, 1.165) is 24.3 Å². The molecule has 0 aliphatic heterocycles. The summed E-state index contributed by atoms with van der Waals surface area (Å²) in [6.07, 6.45) is 5.86. The zero-order valence-electron chi connectivity index (χ0n) is 10.1. The Morgan fingerprint density at radius 3 is 2.53 bits per heavy atom. The Balaban J connectivity index is 1.73. The number of aliphatic hydroxyl groups is 1. The molecule has 0 aromatic heterocycles. The van der Waals surface area contributed by atoms with Crippen LogP contribution in [0.15, 0.2) is 0 Å². The summed E-state index contributed by atoms with van der Waals surface area (Å²) in [6.45, 7) is 5.76. The number of nitrogens with one attached hydrogen (secondary N) is 1. The van der Waals surface area contributed by atoms with Gasteiger partial charge in [0.1, 0.15) is 0 Å². The van der Waals surface area contributed by atoms with Gasteiger partial charge < -0.3 is 10.4 Å². The first kappa shape index (κ1) is 11.4. The van der Waals surface area contributed by atoms with Crippen molar-refractivity contribution in [1.29, 1.82) is 0 Å². The van der Waals surface area contributed by atoms with Crippen molar-refractivity contribution >= 4 is 0 Å². The average Bonchev–Trinajstić information content (AvgIpc) is 2.79. The standard InChI is InChI=1S/C13H25NO/c1-9(2)13(8-15)14-7-12-6-10-3-4-11(12)5-10/h9-15H,3-8H2,1-2H3. The van der Waals surface area contributed by atoms with Gasteiger partial charge in [-0.3, -0.25) is 0 Å². The van der Waals surface area contributed by atoms with Gasteiger partial charge in [-0.15, -0.1) is 0 Å². The molecule has 0 saturated heterocycles. The minimum absolute atomic E-state index is 0.276. The Morgan fingerprint density at radius 2 is 2.07 bits per heavy atom. The van der Waals surface area contributed by atoms with Crippen LogP contribution in [-0.4, -0.2) is 24.3 Å². The molecule has 2 saturated carbocycles. The van der Waals surface area contributed by atoms with Gasteiger partial charge in [-0.1, -0.05) is 20.3 Å². The van der Waals surface area contributed by atoms with Gasteiger partial charge in [-0.05, 0) is 49.5 Å². The van der Waals surface area contributed by atoms with Gasteiger partial charge in [-0.25, -0.2) is 0 Å². The Hall–Kier alpha value is -0.0800. The fourth-order valence-electron chi connectivity index (χ4n) is 3.44. The smallest absolute Gasteiger partial charge is 0.0587 e. The summed E-state index contributed by atoms with van der Waals surface area (Å²) in [5, 5.41) is 12.8. The minimum Gasteiger partial charge on any atom is -0.395 e. The Morgan fingerprint density at radius 1 is 1.27 bits per heavy atom. The van der Waals surface area contributed by atoms with E-state index in [4.69, 9.17) is 0 Å². The van der Waals surface area contributed by atoms with Gasteiger partial charge in [0, 0.05) is 6.04 Å². The predicted molar refractivity (Wildman–Crippen MR) is 62.7 cm³/mol. The monoisotopic (exact) mass is 211 g/mol. The van der Waals surface area contributed by atoms with Gasteiger partial charge in [0.15, 0.2) is 0 Å². The van der Waals surface area contributed by atoms with Crippen LogP contribution in [0.1, 0.15) is 39.5 Å². The van der Waals surface area contributed by atoms with Crippen LogP contribution in [0.5, 0.6) is 0 Å². The van der Waals surface area contributed by atoms with Gasteiger partial charge in [0.2, 0.25) is 0 Å². The number of hydrogen-bond acceptors (Lipinski definition) is 2. The number of aliphatic hydroxyl groups excluding tert-OH is 1. The molecule has 0 aromatic rings. The van der Waals surface area contributed by atoms with E-state index in [0.29, 0.717) is 12.0 Å². The fourth-order valence-corrected chi connectivity index (χ4v) is 3.44. The molecular formula is C13H25NO. The third-order valence-electron chi connectivity index (χ3n) is 4.53. The summed E-state index contributed by atoms with van der Waals surface area (Å²) in [5.41, 5.74) is 0. The van der Waals surface area contributed by atoms with Gasteiger partial charge >= 0.3 is 0 Å². The van der Waals surface area contributed by atoms with Crippen LogP contribution in [0.2, 0.25) is 0 Å². The van der Waals surface area contributed by atoms with E-state index >= 15 is 0 Å². The molecule has 15 heavy (non-hydrogen) atoms. The molecule has 0 radical (unpaired) electrons. The van der Waals surface area contributed by atoms with Gasteiger partial charge in [-0.2, -0.15) is 0 Å². The molecule has 2 fully saturated rings. The second-order valence-corrected chi connectivity index (χ2v) is 5.88. The van der Waals surface area contributed by atoms with Crippen molar-refractivity contribution < 1.29 is 5.11 Å². The predicted octanol–water partition coefficient (Wildman–Crippen LogP) is 2.03. The van der Waals surface area contributed by atoms with Crippen molar-refractivity contribution in [2.45, 2.75) is 45.6 Å². The topological polar surface area (TPSA) is 32.3 Å². The third-order valence-corrected chi connectivity index (χ3v) is 4.53. The highest BCUT2D eigenvalue weighted by Gasteiger charge is 2.39. The minimum atomic E-state index is 0.276. The van der Waals surface area contributed by atoms with E-state index < -0.39 is 0 Å². The number of hydrogen-bond donors (Lipinski definition) is 2. The molecule has 2 heteroatoms. The van der Waals surface area contributed by atoms with Crippen molar-refractivity contribution in [3.63, 3.8) is 0 Å². The van der Waals surface area contributed by atoms with Crippen molar-refractivity contribution in [3.05, 3.63) is 0 Å². The van der Waals surface area contributed by atoms with Gasteiger partial charge in [0.25, 0.3) is 0 Å². The largest absolute Gasteiger partial charge is 0.395 e. The average molecular weight is 211 g/mol. The summed E-state index contributed by atoms with van der Waals surface area (Å²) >= 11 is 0. The van der Waals surface area contributed by atoms with Crippen LogP contribution < -0.4 is 5.32 Å². The van der Waals surface area contributed by atoms with Crippen LogP contribution in [0.4, 0.5) is 0 Å². The third kappa shape index (κ3) is 2.54. The zero-order chi connectivity index (χ0) is 10.8. The molecule has 0 heterocycles. The summed E-state index contributed by atoms with van der Waals surface area (Å²) < 4.78 is 0. The molecule has 4 atom stereocenters. The van der Waals surface area contributed by atoms with Crippen molar-refractivity contribution in [1.82, 2.24) is 5.32 Å². The summed E-state index contributed by atoms with van der Waals surface area (Å²) in [4.78, 5) is 0. The SMILES string of the molecule is CC(C)C(CO)NCC1CC2CCC1C2. The van der Waals surface area contributed by atoms with Crippen LogP contribution in [0, 0.1) is 23.7 Å². The molecule has 2 nitrogen and oxygen atoms in total. The van der Waals surface area contributed by atoms with Crippen LogP contribution in [0.3, 0.4) is 0 Å². The molecular weight excluding hydrogens is 186 g/mol. The quantitative estimate of drug-likeness (QED) is 0.729. The molecule has 0 spiro atoms. The molecule has 2 aliphatic carbocycles. The summed E-state index contributed by atoms with van der Waals surface area (Å²) in [7, 11) is 0. The lowest BCUT2D eigenvalue weighted by atomic mass is 9.88. The maximum atomic E-state index is 9.24. The number of fused-ring (bicyclic) bond motifs is 2. The first-order chi connectivity index (χ1) is 7.20. The summed E-state index contributed by atoms with van der Waals surface area (Å²) in [5.74, 6) is 3.47. The number of rotatable bonds is 5. The normalized spacial score (nSPS) is 36.4. The first-order valence-electron chi connectivity index (χ1n) is 6.55. The Labute approximate surface area is 93.5 Å². The molecule has 2 bridgehead atoms. The highest BCUT2D eigenvalue weighted by atomic mass is 16.3. The van der Waals surface area contributed by atoms with E-state index in [1.54, 1.807) is 0 Å². The van der Waals surface area contributed by atoms with Gasteiger partial charge in [0.05, 0.1) is 6.61 Å². The van der Waals surface area contributed by atoms with E-state index in [1.807, 2.05) is 0 Å². The molecule has 2 aliphatic rings.